The number of anilines is 1. The van der Waals surface area contributed by atoms with Crippen molar-refractivity contribution in [3.8, 4) is 11.3 Å². The second-order valence-corrected chi connectivity index (χ2v) is 3.70. The summed E-state index contributed by atoms with van der Waals surface area (Å²) in [5.41, 5.74) is 9.55. The summed E-state index contributed by atoms with van der Waals surface area (Å²) in [6.07, 6.45) is 1.70. The third-order valence-electron chi connectivity index (χ3n) is 2.33. The molecule has 2 aromatic rings. The number of nitrogens with two attached hydrogens (primary N) is 1. The van der Waals surface area contributed by atoms with Crippen LogP contribution in [0.15, 0.2) is 30.5 Å². The fourth-order valence-electron chi connectivity index (χ4n) is 1.35. The molecule has 0 saturated heterocycles. The first-order chi connectivity index (χ1) is 9.58. The van der Waals surface area contributed by atoms with Crippen LogP contribution < -0.4 is 5.73 Å². The van der Waals surface area contributed by atoms with Crippen molar-refractivity contribution in [2.75, 3.05) is 5.73 Å². The zero-order valence-corrected chi connectivity index (χ0v) is 12.3. The Bertz CT molecular complexity index is 525. The van der Waals surface area contributed by atoms with E-state index in [0.717, 1.165) is 17.0 Å². The maximum absolute atomic E-state index is 8.36. The van der Waals surface area contributed by atoms with E-state index in [9.17, 15) is 0 Å². The van der Waals surface area contributed by atoms with E-state index in [-0.39, 0.29) is 6.47 Å². The van der Waals surface area contributed by atoms with Gasteiger partial charge in [-0.25, -0.2) is 9.97 Å². The van der Waals surface area contributed by atoms with Crippen LogP contribution in [0.3, 0.4) is 0 Å². The molecule has 0 radical (unpaired) electrons. The van der Waals surface area contributed by atoms with Crippen molar-refractivity contribution < 1.29 is 9.90 Å². The highest BCUT2D eigenvalue weighted by molar-refractivity contribution is 5.59. The third kappa shape index (κ3) is 5.48. The first-order valence-corrected chi connectivity index (χ1v) is 6.32. The fourth-order valence-corrected chi connectivity index (χ4v) is 1.35. The van der Waals surface area contributed by atoms with Gasteiger partial charge in [-0.2, -0.15) is 0 Å². The Morgan fingerprint density at radius 1 is 1.15 bits per heavy atom. The lowest BCUT2D eigenvalue weighted by Crippen LogP contribution is -1.97. The number of benzene rings is 1. The lowest BCUT2D eigenvalue weighted by molar-refractivity contribution is -0.122. The number of carboxylic acid groups (broad SMARTS) is 1. The Morgan fingerprint density at radius 2 is 1.65 bits per heavy atom. The molecule has 0 saturated carbocycles. The summed E-state index contributed by atoms with van der Waals surface area (Å²) in [6, 6.07) is 8.19. The smallest absolute Gasteiger partial charge is 0.290 e. The number of hydrogen-bond donors (Lipinski definition) is 2. The van der Waals surface area contributed by atoms with Crippen LogP contribution in [0.5, 0.6) is 0 Å². The van der Waals surface area contributed by atoms with E-state index < -0.39 is 0 Å². The minimum absolute atomic E-state index is 0.250. The van der Waals surface area contributed by atoms with E-state index in [4.69, 9.17) is 15.6 Å². The van der Waals surface area contributed by atoms with Crippen molar-refractivity contribution in [1.82, 2.24) is 9.97 Å². The van der Waals surface area contributed by atoms with Gasteiger partial charge in [0, 0.05) is 5.56 Å². The Morgan fingerprint density at radius 3 is 2.10 bits per heavy atom. The molecule has 1 aromatic carbocycles. The molecule has 5 nitrogen and oxygen atoms in total. The number of aromatic nitrogens is 2. The van der Waals surface area contributed by atoms with Crippen LogP contribution in [0.25, 0.3) is 11.3 Å². The molecular formula is C15H21N3O2. The van der Waals surface area contributed by atoms with Crippen LogP contribution in [0.1, 0.15) is 25.1 Å². The average molecular weight is 275 g/mol. The second-order valence-electron chi connectivity index (χ2n) is 3.70. The molecule has 3 N–H and O–H groups in total. The van der Waals surface area contributed by atoms with Crippen molar-refractivity contribution in [2.24, 2.45) is 0 Å². The van der Waals surface area contributed by atoms with Gasteiger partial charge < -0.3 is 10.8 Å². The number of carbonyl (C=O) groups is 1. The molecule has 20 heavy (non-hydrogen) atoms. The number of nitrogen functional groups attached to an aromatic ring is 1. The molecule has 0 aliphatic carbocycles. The summed E-state index contributed by atoms with van der Waals surface area (Å²) in [7, 11) is 0. The topological polar surface area (TPSA) is 89.1 Å². The van der Waals surface area contributed by atoms with E-state index in [1.54, 1.807) is 6.20 Å². The molecule has 0 atom stereocenters. The summed E-state index contributed by atoms with van der Waals surface area (Å²) in [5.74, 6) is 0.492. The van der Waals surface area contributed by atoms with Gasteiger partial charge in [-0.3, -0.25) is 4.79 Å². The van der Waals surface area contributed by atoms with Gasteiger partial charge in [-0.05, 0) is 13.8 Å². The van der Waals surface area contributed by atoms with Gasteiger partial charge in [-0.1, -0.05) is 43.7 Å². The summed E-state index contributed by atoms with van der Waals surface area (Å²) in [6.45, 7) is 7.67. The van der Waals surface area contributed by atoms with E-state index in [0.29, 0.717) is 5.82 Å². The van der Waals surface area contributed by atoms with Crippen LogP contribution in [-0.2, 0) is 4.79 Å². The number of hydrogen-bond acceptors (Lipinski definition) is 4. The molecule has 2 rings (SSSR count). The highest BCUT2D eigenvalue weighted by atomic mass is 16.3. The predicted molar refractivity (Wildman–Crippen MR) is 81.4 cm³/mol. The highest BCUT2D eigenvalue weighted by Gasteiger charge is 2.02. The summed E-state index contributed by atoms with van der Waals surface area (Å²) in [5, 5.41) is 6.89. The lowest BCUT2D eigenvalue weighted by atomic mass is 10.1. The second kappa shape index (κ2) is 9.49. The zero-order valence-electron chi connectivity index (χ0n) is 12.3. The molecule has 0 fully saturated rings. The van der Waals surface area contributed by atoms with Crippen LogP contribution in [0.2, 0.25) is 0 Å². The van der Waals surface area contributed by atoms with Crippen LogP contribution in [-0.4, -0.2) is 21.5 Å². The Labute approximate surface area is 119 Å². The summed E-state index contributed by atoms with van der Waals surface area (Å²) in [4.78, 5) is 16.8. The SMILES string of the molecule is CC.Cc1ccc(-c2cnc(N)c(C)n2)cc1.O=CO. The monoisotopic (exact) mass is 275 g/mol. The van der Waals surface area contributed by atoms with Crippen LogP contribution in [0, 0.1) is 13.8 Å². The minimum Gasteiger partial charge on any atom is -0.483 e. The number of aryl methyl sites for hydroxylation is 2. The van der Waals surface area contributed by atoms with Gasteiger partial charge in [0.1, 0.15) is 5.82 Å². The fraction of sp³-hybridized carbons (Fsp3) is 0.267. The number of nitrogens with zero attached hydrogens (tertiary/aromatic N) is 2. The van der Waals surface area contributed by atoms with Gasteiger partial charge in [0.2, 0.25) is 0 Å². The van der Waals surface area contributed by atoms with E-state index in [2.05, 4.69) is 29.0 Å². The van der Waals surface area contributed by atoms with Crippen molar-refractivity contribution in [3.63, 3.8) is 0 Å². The average Bonchev–Trinajstić information content (AvgIpc) is 2.46. The van der Waals surface area contributed by atoms with Crippen molar-refractivity contribution >= 4 is 12.3 Å². The molecule has 108 valence electrons. The molecule has 5 heteroatoms. The molecule has 0 amide bonds. The molecule has 0 aliphatic rings. The quantitative estimate of drug-likeness (QED) is 0.781. The van der Waals surface area contributed by atoms with Crippen molar-refractivity contribution in [2.45, 2.75) is 27.7 Å². The van der Waals surface area contributed by atoms with E-state index in [1.807, 2.05) is 32.9 Å². The first-order valence-electron chi connectivity index (χ1n) is 6.32. The van der Waals surface area contributed by atoms with Crippen molar-refractivity contribution in [1.29, 1.82) is 0 Å². The minimum atomic E-state index is -0.250. The Balaban J connectivity index is 0.000000641. The summed E-state index contributed by atoms with van der Waals surface area (Å²) >= 11 is 0. The molecular weight excluding hydrogens is 254 g/mol. The van der Waals surface area contributed by atoms with Crippen LogP contribution in [0.4, 0.5) is 5.82 Å². The van der Waals surface area contributed by atoms with E-state index in [1.165, 1.54) is 5.56 Å². The van der Waals surface area contributed by atoms with Gasteiger partial charge in [-0.15, -0.1) is 0 Å². The largest absolute Gasteiger partial charge is 0.483 e. The molecule has 0 aliphatic heterocycles. The molecule has 1 heterocycles. The van der Waals surface area contributed by atoms with Crippen molar-refractivity contribution in [3.05, 3.63) is 41.7 Å². The molecule has 0 unspecified atom stereocenters. The van der Waals surface area contributed by atoms with Gasteiger partial charge in [0.15, 0.2) is 0 Å². The molecule has 0 bridgehead atoms. The van der Waals surface area contributed by atoms with Gasteiger partial charge in [0.25, 0.3) is 6.47 Å². The zero-order chi connectivity index (χ0) is 15.5. The maximum atomic E-state index is 8.36. The van der Waals surface area contributed by atoms with Crippen LogP contribution >= 0.6 is 0 Å². The Hall–Kier alpha value is -2.43. The lowest BCUT2D eigenvalue weighted by Gasteiger charge is -2.03. The standard InChI is InChI=1S/C12H13N3.C2H6.CH2O2/c1-8-3-5-10(6-4-8)11-7-14-12(13)9(2)15-11;1-2;2-1-3/h3-7H,1-2H3,(H2,13,14);1-2H3;1H,(H,2,3). The normalized spacial score (nSPS) is 8.60. The summed E-state index contributed by atoms with van der Waals surface area (Å²) < 4.78 is 0. The molecule has 1 aromatic heterocycles. The number of rotatable bonds is 1. The third-order valence-corrected chi connectivity index (χ3v) is 2.33. The predicted octanol–water partition coefficient (Wildman–Crippen LogP) is 3.07. The maximum Gasteiger partial charge on any atom is 0.290 e. The van der Waals surface area contributed by atoms with Gasteiger partial charge in [0.05, 0.1) is 17.6 Å². The molecule has 0 spiro atoms. The van der Waals surface area contributed by atoms with Gasteiger partial charge >= 0.3 is 0 Å². The Kier molecular flexibility index (Phi) is 8.34. The first kappa shape index (κ1) is 17.6. The van der Waals surface area contributed by atoms with E-state index >= 15 is 0 Å². The highest BCUT2D eigenvalue weighted by Crippen LogP contribution is 2.18.